The Hall–Kier alpha value is -2.12. The molecule has 0 aliphatic carbocycles. The molecule has 11 nitrogen and oxygen atoms in total. The molecule has 2 aliphatic rings. The third-order valence-corrected chi connectivity index (χ3v) is 5.98. The Bertz CT molecular complexity index is 1240. The number of fused-ring (bicyclic) bond motifs is 1. The van der Waals surface area contributed by atoms with Crippen LogP contribution in [0.4, 0.5) is 8.78 Å². The van der Waals surface area contributed by atoms with Gasteiger partial charge in [0.15, 0.2) is 6.20 Å². The van der Waals surface area contributed by atoms with E-state index in [9.17, 15) is 28.8 Å². The summed E-state index contributed by atoms with van der Waals surface area (Å²) in [4.78, 5) is 24.6. The average Bonchev–Trinajstić information content (AvgIpc) is 2.91. The molecule has 0 saturated carbocycles. The fourth-order valence-corrected chi connectivity index (χ4v) is 4.28. The number of nitrogens with one attached hydrogen (secondary N) is 1. The van der Waals surface area contributed by atoms with Gasteiger partial charge < -0.3 is 19.5 Å². The minimum atomic E-state index is -4.43. The van der Waals surface area contributed by atoms with Crippen LogP contribution in [0, 0.1) is 5.82 Å². The second-order valence-corrected chi connectivity index (χ2v) is 8.59. The van der Waals surface area contributed by atoms with Crippen LogP contribution in [0.5, 0.6) is 5.75 Å². The molecule has 1 saturated heterocycles. The van der Waals surface area contributed by atoms with E-state index in [1.807, 2.05) is 0 Å². The lowest BCUT2D eigenvalue weighted by molar-refractivity contribution is -0.205. The molecule has 5 atom stereocenters. The van der Waals surface area contributed by atoms with Gasteiger partial charge in [-0.15, -0.1) is 0 Å². The van der Waals surface area contributed by atoms with E-state index in [2.05, 4.69) is 0 Å². The molecule has 4 rings (SSSR count). The summed E-state index contributed by atoms with van der Waals surface area (Å²) >= 11 is 5.84. The number of nitrogens with zero attached hydrogens (tertiary/aromatic N) is 1. The number of hydrogen-bond acceptors (Lipinski definition) is 9. The van der Waals surface area contributed by atoms with Crippen molar-refractivity contribution >= 4 is 19.4 Å². The number of ether oxygens (including phenoxy) is 1. The topological polar surface area (TPSA) is 149 Å². The van der Waals surface area contributed by atoms with Crippen LogP contribution >= 0.6 is 19.4 Å². The first-order valence-electron chi connectivity index (χ1n) is 9.01. The Kier molecular flexibility index (Phi) is 5.21. The third kappa shape index (κ3) is 4.05. The molecule has 2 aromatic rings. The second-order valence-electron chi connectivity index (χ2n) is 6.56. The van der Waals surface area contributed by atoms with Gasteiger partial charge in [-0.05, 0) is 18.2 Å². The molecule has 3 heterocycles. The highest BCUT2D eigenvalue weighted by molar-refractivity contribution is 7.49. The molecule has 2 aliphatic heterocycles. The zero-order chi connectivity index (χ0) is 23.5. The maximum Gasteiger partial charge on any atom is 0.530 e. The molecule has 0 radical (unpaired) electrons. The first kappa shape index (κ1) is 20.8. The summed E-state index contributed by atoms with van der Waals surface area (Å²) in [6.07, 6.45) is -7.90. The number of rotatable bonds is 4. The predicted octanol–water partition coefficient (Wildman–Crippen LogP) is 0.979. The molecule has 31 heavy (non-hydrogen) atoms. The van der Waals surface area contributed by atoms with Gasteiger partial charge in [-0.3, -0.25) is 23.4 Å². The smallest absolute Gasteiger partial charge is 0.404 e. The van der Waals surface area contributed by atoms with E-state index in [-0.39, 0.29) is 23.1 Å². The van der Waals surface area contributed by atoms with Gasteiger partial charge in [0, 0.05) is 10.6 Å². The number of phosphoric acid groups is 1. The number of aromatic nitrogens is 2. The number of aliphatic hydroxyl groups excluding tert-OH is 2. The number of hydrogen-bond donors (Lipinski definition) is 3. The molecule has 0 bridgehead atoms. The zero-order valence-electron chi connectivity index (χ0n) is 16.2. The highest BCUT2D eigenvalue weighted by Gasteiger charge is 2.57. The van der Waals surface area contributed by atoms with Gasteiger partial charge in [-0.25, -0.2) is 13.8 Å². The van der Waals surface area contributed by atoms with Gasteiger partial charge in [0.1, 0.15) is 24.6 Å². The summed E-state index contributed by atoms with van der Waals surface area (Å²) in [5.74, 6) is -4.88. The zero-order valence-corrected chi connectivity index (χ0v) is 16.8. The van der Waals surface area contributed by atoms with Gasteiger partial charge in [-0.1, -0.05) is 11.6 Å². The molecular weight excluding hydrogens is 469 g/mol. The van der Waals surface area contributed by atoms with E-state index in [4.69, 9.17) is 31.3 Å². The van der Waals surface area contributed by atoms with Crippen molar-refractivity contribution in [1.29, 1.82) is 0 Å². The fourth-order valence-electron chi connectivity index (χ4n) is 2.86. The van der Waals surface area contributed by atoms with Crippen LogP contribution in [0.3, 0.4) is 0 Å². The number of alkyl halides is 1. The van der Waals surface area contributed by atoms with Crippen molar-refractivity contribution < 1.29 is 43.2 Å². The average molecular weight is 484 g/mol. The SMILES string of the molecule is [2H][C@@]1(n2cc(F)c(=O)[nH]c2=O)O[C@](F)(COP2(=O)OCc3cc(Cl)ccc3O2)[C@@H](O)[C@H]1O. The molecule has 168 valence electrons. The van der Waals surface area contributed by atoms with Crippen LogP contribution in [-0.4, -0.2) is 44.4 Å². The summed E-state index contributed by atoms with van der Waals surface area (Å²) in [5.41, 5.74) is -2.42. The standard InChI is InChI=1S/C16H14ClF2N2O9P/c17-8-1-2-10-7(3-8)5-27-31(26,30-10)28-6-16(19)12(23)11(22)14(29-16)21-4-9(18)13(24)20-15(21)25/h1-4,11-12,14,22-23H,5-6H2,(H,20,24,25)/t11-,12+,14-,16-,31?/m1/s1/i14D. The number of halogens is 3. The minimum absolute atomic E-state index is 0.0364. The number of aromatic amines is 1. The Labute approximate surface area is 177 Å². The molecule has 1 aromatic carbocycles. The summed E-state index contributed by atoms with van der Waals surface area (Å²) in [6, 6.07) is 4.28. The minimum Gasteiger partial charge on any atom is -0.404 e. The van der Waals surface area contributed by atoms with E-state index in [1.54, 1.807) is 0 Å². The molecular formula is C16H14ClF2N2O9P. The van der Waals surface area contributed by atoms with Crippen molar-refractivity contribution in [3.8, 4) is 5.75 Å². The van der Waals surface area contributed by atoms with Crippen LogP contribution in [0.1, 0.15) is 13.1 Å². The molecule has 1 unspecified atom stereocenters. The third-order valence-electron chi connectivity index (χ3n) is 4.43. The lowest BCUT2D eigenvalue weighted by Crippen LogP contribution is -2.43. The van der Waals surface area contributed by atoms with Crippen molar-refractivity contribution in [2.24, 2.45) is 0 Å². The fraction of sp³-hybridized carbons (Fsp3) is 0.375. The van der Waals surface area contributed by atoms with Gasteiger partial charge in [0.2, 0.25) is 5.82 Å². The van der Waals surface area contributed by atoms with Gasteiger partial charge in [0.25, 0.3) is 11.4 Å². The summed E-state index contributed by atoms with van der Waals surface area (Å²) in [7, 11) is -4.43. The second kappa shape index (κ2) is 7.78. The highest BCUT2D eigenvalue weighted by Crippen LogP contribution is 2.56. The van der Waals surface area contributed by atoms with Crippen LogP contribution < -0.4 is 15.8 Å². The van der Waals surface area contributed by atoms with Gasteiger partial charge in [-0.2, -0.15) is 4.39 Å². The lowest BCUT2D eigenvalue weighted by Gasteiger charge is -2.28. The predicted molar refractivity (Wildman–Crippen MR) is 97.7 cm³/mol. The summed E-state index contributed by atoms with van der Waals surface area (Å²) < 4.78 is 69.5. The van der Waals surface area contributed by atoms with Crippen LogP contribution in [0.2, 0.25) is 5.02 Å². The number of benzene rings is 1. The van der Waals surface area contributed by atoms with Crippen LogP contribution in [0.15, 0.2) is 34.0 Å². The molecule has 3 N–H and O–H groups in total. The molecule has 1 fully saturated rings. The first-order valence-corrected chi connectivity index (χ1v) is 10.4. The number of phosphoric ester groups is 1. The largest absolute Gasteiger partial charge is 0.530 e. The summed E-state index contributed by atoms with van der Waals surface area (Å²) in [5, 5.41) is 20.6. The van der Waals surface area contributed by atoms with E-state index < -0.39 is 55.8 Å². The van der Waals surface area contributed by atoms with Gasteiger partial charge in [0.05, 0.1) is 14.2 Å². The number of aliphatic hydroxyl groups is 2. The summed E-state index contributed by atoms with van der Waals surface area (Å²) in [6.45, 7) is -1.65. The molecule has 0 amide bonds. The van der Waals surface area contributed by atoms with Crippen LogP contribution in [-0.2, 0) is 25.0 Å². The van der Waals surface area contributed by atoms with E-state index in [1.165, 1.54) is 23.2 Å². The monoisotopic (exact) mass is 483 g/mol. The maximum atomic E-state index is 15.3. The van der Waals surface area contributed by atoms with Crippen molar-refractivity contribution in [3.63, 3.8) is 0 Å². The Morgan fingerprint density at radius 3 is 2.94 bits per heavy atom. The number of H-pyrrole nitrogens is 1. The molecule has 0 spiro atoms. The van der Waals surface area contributed by atoms with Crippen LogP contribution in [0.25, 0.3) is 0 Å². The molecule has 1 aromatic heterocycles. The Balaban J connectivity index is 1.56. The first-order chi connectivity index (χ1) is 14.9. The quantitative estimate of drug-likeness (QED) is 0.541. The van der Waals surface area contributed by atoms with E-state index in [0.717, 1.165) is 0 Å². The normalized spacial score (nSPS) is 35.3. The highest BCUT2D eigenvalue weighted by atomic mass is 35.5. The van der Waals surface area contributed by atoms with Gasteiger partial charge >= 0.3 is 13.5 Å². The molecule has 15 heteroatoms. The van der Waals surface area contributed by atoms with Crippen molar-refractivity contribution in [3.05, 3.63) is 61.6 Å². The lowest BCUT2D eigenvalue weighted by atomic mass is 10.1. The maximum absolute atomic E-state index is 15.3. The van der Waals surface area contributed by atoms with Crippen molar-refractivity contribution in [2.45, 2.75) is 30.9 Å². The van der Waals surface area contributed by atoms with Crippen molar-refractivity contribution in [2.75, 3.05) is 6.61 Å². The van der Waals surface area contributed by atoms with E-state index >= 15 is 4.39 Å². The Morgan fingerprint density at radius 2 is 2.19 bits per heavy atom. The van der Waals surface area contributed by atoms with Crippen molar-refractivity contribution in [1.82, 2.24) is 9.55 Å². The Morgan fingerprint density at radius 1 is 1.45 bits per heavy atom. The van der Waals surface area contributed by atoms with E-state index in [0.29, 0.717) is 10.6 Å².